The lowest BCUT2D eigenvalue weighted by Crippen LogP contribution is -2.23. The fourth-order valence-corrected chi connectivity index (χ4v) is 3.98. The number of aliphatic hydroxyl groups is 1. The largest absolute Gasteiger partial charge is 0.472 e. The molecule has 0 bridgehead atoms. The van der Waals surface area contributed by atoms with Crippen LogP contribution >= 0.6 is 7.82 Å². The van der Waals surface area contributed by atoms with E-state index < -0.39 is 26.5 Å². The van der Waals surface area contributed by atoms with Crippen LogP contribution in [-0.2, 0) is 23.1 Å². The highest BCUT2D eigenvalue weighted by Crippen LogP contribution is 2.42. The third kappa shape index (κ3) is 24.2. The van der Waals surface area contributed by atoms with Gasteiger partial charge in [0.05, 0.1) is 13.2 Å². The first kappa shape index (κ1) is 32.2. The summed E-state index contributed by atoms with van der Waals surface area (Å²) in [7, 11) is -4.24. The Hall–Kier alpha value is -0.760. The van der Waals surface area contributed by atoms with Gasteiger partial charge in [0.25, 0.3) is 0 Å². The van der Waals surface area contributed by atoms with Crippen LogP contribution in [0.1, 0.15) is 103 Å². The Kier molecular flexibility index (Phi) is 22.5. The normalized spacial score (nSPS) is 14.4. The van der Waals surface area contributed by atoms with Crippen molar-refractivity contribution in [2.75, 3.05) is 26.4 Å². The zero-order chi connectivity index (χ0) is 24.6. The van der Waals surface area contributed by atoms with Crippen molar-refractivity contribution in [2.24, 2.45) is 5.73 Å². The summed E-state index contributed by atoms with van der Waals surface area (Å²) >= 11 is 0. The lowest BCUT2D eigenvalue weighted by Gasteiger charge is -2.15. The van der Waals surface area contributed by atoms with Gasteiger partial charge in [0.15, 0.2) is 0 Å². The molecule has 0 saturated heterocycles. The molecule has 0 spiro atoms. The average Bonchev–Trinajstić information content (AvgIpc) is 2.80. The fraction of sp³-hybridized carbons (Fsp3) is 0.875. The summed E-state index contributed by atoms with van der Waals surface area (Å²) in [6, 6.07) is 0. The molecule has 33 heavy (non-hydrogen) atoms. The first-order valence-electron chi connectivity index (χ1n) is 12.7. The van der Waals surface area contributed by atoms with E-state index in [4.69, 9.17) is 10.5 Å². The van der Waals surface area contributed by atoms with E-state index in [1.165, 1.54) is 57.8 Å². The third-order valence-corrected chi connectivity index (χ3v) is 6.12. The summed E-state index contributed by atoms with van der Waals surface area (Å²) in [5, 5.41) is 9.68. The molecule has 0 saturated carbocycles. The molecule has 0 aliphatic heterocycles. The summed E-state index contributed by atoms with van der Waals surface area (Å²) in [5.41, 5.74) is 5.17. The molecule has 0 aliphatic carbocycles. The highest BCUT2D eigenvalue weighted by atomic mass is 31.2. The van der Waals surface area contributed by atoms with Crippen molar-refractivity contribution in [1.29, 1.82) is 0 Å². The minimum atomic E-state index is -4.24. The van der Waals surface area contributed by atoms with Crippen molar-refractivity contribution >= 4 is 13.8 Å². The van der Waals surface area contributed by atoms with Gasteiger partial charge in [-0.2, -0.15) is 0 Å². The molecule has 8 nitrogen and oxygen atoms in total. The van der Waals surface area contributed by atoms with E-state index in [-0.39, 0.29) is 19.8 Å². The topological polar surface area (TPSA) is 128 Å². The molecular formula is C24H48NO7P. The van der Waals surface area contributed by atoms with Crippen LogP contribution in [0.4, 0.5) is 0 Å². The van der Waals surface area contributed by atoms with Gasteiger partial charge in [0, 0.05) is 13.0 Å². The van der Waals surface area contributed by atoms with Crippen molar-refractivity contribution in [2.45, 2.75) is 109 Å². The van der Waals surface area contributed by atoms with E-state index in [1.807, 2.05) is 0 Å². The number of hydrogen-bond donors (Lipinski definition) is 3. The van der Waals surface area contributed by atoms with Crippen LogP contribution in [-0.4, -0.2) is 48.4 Å². The maximum absolute atomic E-state index is 11.7. The number of phosphoric acid groups is 1. The van der Waals surface area contributed by atoms with Crippen LogP contribution < -0.4 is 5.73 Å². The van der Waals surface area contributed by atoms with Gasteiger partial charge in [-0.15, -0.1) is 0 Å². The summed E-state index contributed by atoms with van der Waals surface area (Å²) in [6.07, 6.45) is 20.6. The third-order valence-electron chi connectivity index (χ3n) is 5.13. The van der Waals surface area contributed by atoms with Gasteiger partial charge in [-0.25, -0.2) is 4.57 Å². The molecule has 2 unspecified atom stereocenters. The maximum atomic E-state index is 11.7. The average molecular weight is 494 g/mol. The number of phosphoric ester groups is 1. The Bertz CT molecular complexity index is 531. The maximum Gasteiger partial charge on any atom is 0.472 e. The van der Waals surface area contributed by atoms with E-state index in [2.05, 4.69) is 28.1 Å². The number of esters is 1. The number of allylic oxidation sites excluding steroid dienone is 2. The van der Waals surface area contributed by atoms with Crippen molar-refractivity contribution in [3.63, 3.8) is 0 Å². The molecule has 0 fully saturated rings. The first-order valence-corrected chi connectivity index (χ1v) is 14.2. The molecule has 0 aromatic rings. The summed E-state index contributed by atoms with van der Waals surface area (Å²) in [5.74, 6) is -0.395. The highest BCUT2D eigenvalue weighted by Gasteiger charge is 2.22. The van der Waals surface area contributed by atoms with E-state index >= 15 is 0 Å². The Morgan fingerprint density at radius 1 is 0.879 bits per heavy atom. The zero-order valence-electron chi connectivity index (χ0n) is 20.6. The summed E-state index contributed by atoms with van der Waals surface area (Å²) in [4.78, 5) is 21.0. The van der Waals surface area contributed by atoms with Crippen LogP contribution in [0.15, 0.2) is 12.2 Å². The van der Waals surface area contributed by atoms with Gasteiger partial charge in [-0.05, 0) is 32.1 Å². The van der Waals surface area contributed by atoms with Gasteiger partial charge in [0.1, 0.15) is 12.7 Å². The molecule has 0 aliphatic rings. The highest BCUT2D eigenvalue weighted by molar-refractivity contribution is 7.47. The Morgan fingerprint density at radius 2 is 1.42 bits per heavy atom. The molecule has 0 heterocycles. The summed E-state index contributed by atoms with van der Waals surface area (Å²) < 4.78 is 25.5. The minimum absolute atomic E-state index is 0.0739. The second-order valence-electron chi connectivity index (χ2n) is 8.41. The molecule has 2 atom stereocenters. The molecule has 0 radical (unpaired) electrons. The molecule has 4 N–H and O–H groups in total. The predicted octanol–water partition coefficient (Wildman–Crippen LogP) is 5.41. The van der Waals surface area contributed by atoms with Gasteiger partial charge >= 0.3 is 13.8 Å². The molecule has 0 rings (SSSR count). The fourth-order valence-electron chi connectivity index (χ4n) is 3.21. The summed E-state index contributed by atoms with van der Waals surface area (Å²) in [6.45, 7) is 1.43. The number of rotatable bonds is 24. The van der Waals surface area contributed by atoms with Gasteiger partial charge in [0.2, 0.25) is 0 Å². The number of hydrogen-bond acceptors (Lipinski definition) is 7. The number of ether oxygens (including phenoxy) is 1. The Morgan fingerprint density at radius 3 is 2.00 bits per heavy atom. The lowest BCUT2D eigenvalue weighted by molar-refractivity contribution is -0.147. The predicted molar refractivity (Wildman–Crippen MR) is 132 cm³/mol. The van der Waals surface area contributed by atoms with Crippen molar-refractivity contribution < 1.29 is 33.1 Å². The number of carbonyl (C=O) groups is 1. The SMILES string of the molecule is CCCCCCCCC/C=C\CCCCCCCC(=O)OCC(O)COP(=O)(O)OCCN. The molecule has 9 heteroatoms. The van der Waals surface area contributed by atoms with E-state index in [0.717, 1.165) is 32.1 Å². The number of unbranched alkanes of at least 4 members (excludes halogenated alkanes) is 12. The second kappa shape index (κ2) is 23.0. The molecule has 196 valence electrons. The van der Waals surface area contributed by atoms with E-state index in [0.29, 0.717) is 6.42 Å². The van der Waals surface area contributed by atoms with Crippen molar-refractivity contribution in [1.82, 2.24) is 0 Å². The van der Waals surface area contributed by atoms with Crippen LogP contribution in [0.2, 0.25) is 0 Å². The Balaban J connectivity index is 3.47. The number of carbonyl (C=O) groups excluding carboxylic acids is 1. The van der Waals surface area contributed by atoms with E-state index in [9.17, 15) is 19.4 Å². The van der Waals surface area contributed by atoms with Crippen molar-refractivity contribution in [3.05, 3.63) is 12.2 Å². The quantitative estimate of drug-likeness (QED) is 0.0704. The molecule has 0 aromatic heterocycles. The number of nitrogens with two attached hydrogens (primary N) is 1. The minimum Gasteiger partial charge on any atom is -0.463 e. The molecule has 0 amide bonds. The second-order valence-corrected chi connectivity index (χ2v) is 9.86. The number of aliphatic hydroxyl groups excluding tert-OH is 1. The lowest BCUT2D eigenvalue weighted by atomic mass is 10.1. The zero-order valence-corrected chi connectivity index (χ0v) is 21.5. The van der Waals surface area contributed by atoms with Crippen LogP contribution in [0.25, 0.3) is 0 Å². The standard InChI is InChI=1S/C24H48NO7P/c1-2-3-4-5-6-7-8-9-10-11-12-13-14-15-16-17-18-24(27)30-21-23(26)22-32-33(28,29)31-20-19-25/h10-11,23,26H,2-9,12-22,25H2,1H3,(H,28,29)/b11-10-. The van der Waals surface area contributed by atoms with Gasteiger partial charge in [-0.1, -0.05) is 76.9 Å². The Labute approximate surface area is 200 Å². The van der Waals surface area contributed by atoms with Crippen LogP contribution in [0.3, 0.4) is 0 Å². The smallest absolute Gasteiger partial charge is 0.463 e. The van der Waals surface area contributed by atoms with Crippen LogP contribution in [0, 0.1) is 0 Å². The monoisotopic (exact) mass is 493 g/mol. The van der Waals surface area contributed by atoms with Gasteiger partial charge < -0.3 is 20.5 Å². The van der Waals surface area contributed by atoms with Crippen LogP contribution in [0.5, 0.6) is 0 Å². The van der Waals surface area contributed by atoms with Gasteiger partial charge in [-0.3, -0.25) is 13.8 Å². The first-order chi connectivity index (χ1) is 15.9. The van der Waals surface area contributed by atoms with E-state index in [1.54, 1.807) is 0 Å². The molecule has 0 aromatic carbocycles. The van der Waals surface area contributed by atoms with Crippen molar-refractivity contribution in [3.8, 4) is 0 Å². The molecular weight excluding hydrogens is 445 g/mol.